The van der Waals surface area contributed by atoms with E-state index < -0.39 is 0 Å². The largest absolute Gasteiger partial charge is 0.443 e. The van der Waals surface area contributed by atoms with Gasteiger partial charge in [0, 0.05) is 31.3 Å². The summed E-state index contributed by atoms with van der Waals surface area (Å²) in [4.78, 5) is 15.4. The van der Waals surface area contributed by atoms with Gasteiger partial charge in [-0.25, -0.2) is 4.79 Å². The van der Waals surface area contributed by atoms with Crippen molar-refractivity contribution < 1.29 is 28.5 Å². The second-order valence-corrected chi connectivity index (χ2v) is 16.0. The third-order valence-electron chi connectivity index (χ3n) is 14.2. The molecular formula is C36H59NO6. The van der Waals surface area contributed by atoms with Gasteiger partial charge in [-0.15, -0.1) is 0 Å². The smallest absolute Gasteiger partial charge is 0.410 e. The number of hydrogen-bond acceptors (Lipinski definition) is 6. The van der Waals surface area contributed by atoms with Gasteiger partial charge in [0.2, 0.25) is 0 Å². The Morgan fingerprint density at radius 1 is 0.651 bits per heavy atom. The minimum Gasteiger partial charge on any atom is -0.443 e. The average molecular weight is 602 g/mol. The van der Waals surface area contributed by atoms with Gasteiger partial charge in [0.15, 0.2) is 12.6 Å². The van der Waals surface area contributed by atoms with Crippen molar-refractivity contribution in [3.8, 4) is 0 Å². The molecule has 5 heterocycles. The van der Waals surface area contributed by atoms with Crippen LogP contribution in [0.5, 0.6) is 0 Å². The highest BCUT2D eigenvalue weighted by molar-refractivity contribution is 5.67. The van der Waals surface area contributed by atoms with E-state index in [4.69, 9.17) is 23.7 Å². The molecular weight excluding hydrogens is 542 g/mol. The number of hydrogen-bond donors (Lipinski definition) is 0. The van der Waals surface area contributed by atoms with Gasteiger partial charge in [0.05, 0.1) is 18.3 Å². The third kappa shape index (κ3) is 5.19. The number of ether oxygens (including phenoxy) is 5. The molecule has 0 aromatic heterocycles. The van der Waals surface area contributed by atoms with Crippen LogP contribution in [0.2, 0.25) is 0 Å². The van der Waals surface area contributed by atoms with E-state index in [0.717, 1.165) is 12.8 Å². The van der Waals surface area contributed by atoms with Gasteiger partial charge in [0.1, 0.15) is 12.2 Å². The van der Waals surface area contributed by atoms with Crippen molar-refractivity contribution >= 4 is 6.09 Å². The first-order valence-electron chi connectivity index (χ1n) is 18.3. The first-order valence-corrected chi connectivity index (χ1v) is 18.3. The molecule has 2 saturated carbocycles. The Morgan fingerprint density at radius 2 is 1.30 bits per heavy atom. The highest BCUT2D eigenvalue weighted by Crippen LogP contribution is 2.59. The van der Waals surface area contributed by atoms with Crippen molar-refractivity contribution in [3.05, 3.63) is 0 Å². The quantitative estimate of drug-likeness (QED) is 0.343. The van der Waals surface area contributed by atoms with Crippen LogP contribution < -0.4 is 0 Å². The number of carbonyl (C=O) groups excluding carboxylic acids is 1. The fourth-order valence-corrected chi connectivity index (χ4v) is 11.7. The summed E-state index contributed by atoms with van der Waals surface area (Å²) in [6, 6.07) is 0. The molecule has 5 aliphatic heterocycles. The van der Waals surface area contributed by atoms with Crippen LogP contribution in [0, 0.1) is 65.1 Å². The maximum atomic E-state index is 13.6. The van der Waals surface area contributed by atoms with Gasteiger partial charge in [-0.2, -0.15) is 0 Å². The van der Waals surface area contributed by atoms with Crippen LogP contribution in [0.25, 0.3) is 0 Å². The van der Waals surface area contributed by atoms with Crippen LogP contribution in [0.4, 0.5) is 4.79 Å². The third-order valence-corrected chi connectivity index (χ3v) is 14.2. The molecule has 0 aromatic carbocycles. The monoisotopic (exact) mass is 601 g/mol. The molecule has 7 rings (SSSR count). The first kappa shape index (κ1) is 30.7. The summed E-state index contributed by atoms with van der Waals surface area (Å²) in [5, 5.41) is 0. The van der Waals surface area contributed by atoms with Crippen LogP contribution in [-0.2, 0) is 23.7 Å². The van der Waals surface area contributed by atoms with Crippen molar-refractivity contribution in [2.45, 2.75) is 143 Å². The molecule has 0 radical (unpaired) electrons. The predicted octanol–water partition coefficient (Wildman–Crippen LogP) is 7.12. The average Bonchev–Trinajstić information content (AvgIpc) is 3.28. The molecule has 7 fully saturated rings. The van der Waals surface area contributed by atoms with Crippen LogP contribution in [0.15, 0.2) is 0 Å². The molecule has 7 nitrogen and oxygen atoms in total. The summed E-state index contributed by atoms with van der Waals surface area (Å²) >= 11 is 0. The van der Waals surface area contributed by atoms with Crippen molar-refractivity contribution in [2.75, 3.05) is 13.1 Å². The molecule has 2 aliphatic carbocycles. The summed E-state index contributed by atoms with van der Waals surface area (Å²) in [6.07, 6.45) is 8.16. The molecule has 7 heteroatoms. The molecule has 0 aromatic rings. The van der Waals surface area contributed by atoms with E-state index in [1.807, 2.05) is 13.8 Å². The summed E-state index contributed by atoms with van der Waals surface area (Å²) < 4.78 is 34.8. The Hall–Kier alpha value is -0.890. The fraction of sp³-hybridized carbons (Fsp3) is 0.972. The molecule has 18 atom stereocenters. The molecule has 7 aliphatic rings. The van der Waals surface area contributed by atoms with E-state index in [2.05, 4.69) is 34.6 Å². The normalized spacial score (nSPS) is 54.0. The van der Waals surface area contributed by atoms with Gasteiger partial charge < -0.3 is 28.6 Å². The van der Waals surface area contributed by atoms with E-state index in [9.17, 15) is 4.79 Å². The zero-order valence-electron chi connectivity index (χ0n) is 27.9. The van der Waals surface area contributed by atoms with Crippen LogP contribution in [-0.4, -0.2) is 67.2 Å². The number of amides is 1. The van der Waals surface area contributed by atoms with Crippen molar-refractivity contribution in [2.24, 2.45) is 65.1 Å². The molecule has 0 spiro atoms. The molecule has 0 N–H and O–H groups in total. The van der Waals surface area contributed by atoms with Crippen LogP contribution in [0.3, 0.4) is 0 Å². The Kier molecular flexibility index (Phi) is 8.61. The molecule has 18 unspecified atom stereocenters. The Balaban J connectivity index is 1.32. The lowest BCUT2D eigenvalue weighted by atomic mass is 9.55. The van der Waals surface area contributed by atoms with Gasteiger partial charge in [0.25, 0.3) is 0 Å². The Labute approximate surface area is 260 Å². The second-order valence-electron chi connectivity index (χ2n) is 16.0. The maximum Gasteiger partial charge on any atom is 0.410 e. The minimum absolute atomic E-state index is 0.0317. The molecule has 43 heavy (non-hydrogen) atoms. The number of carbonyl (C=O) groups is 1. The van der Waals surface area contributed by atoms with E-state index in [0.29, 0.717) is 78.7 Å². The lowest BCUT2D eigenvalue weighted by Gasteiger charge is -2.57. The van der Waals surface area contributed by atoms with E-state index in [1.54, 1.807) is 4.90 Å². The Bertz CT molecular complexity index is 1000. The summed E-state index contributed by atoms with van der Waals surface area (Å²) in [7, 11) is 0. The highest BCUT2D eigenvalue weighted by Gasteiger charge is 2.60. The topological polar surface area (TPSA) is 66.5 Å². The van der Waals surface area contributed by atoms with Crippen molar-refractivity contribution in [1.29, 1.82) is 0 Å². The first-order chi connectivity index (χ1) is 20.7. The van der Waals surface area contributed by atoms with Gasteiger partial charge in [-0.05, 0) is 113 Å². The number of fused-ring (bicyclic) bond motifs is 5. The summed E-state index contributed by atoms with van der Waals surface area (Å²) in [5.74, 6) is 5.60. The highest BCUT2D eigenvalue weighted by atomic mass is 16.7. The predicted molar refractivity (Wildman–Crippen MR) is 164 cm³/mol. The van der Waals surface area contributed by atoms with Gasteiger partial charge >= 0.3 is 6.09 Å². The second kappa shape index (κ2) is 12.0. The molecule has 1 amide bonds. The summed E-state index contributed by atoms with van der Waals surface area (Å²) in [5.41, 5.74) is 0. The van der Waals surface area contributed by atoms with E-state index in [1.165, 1.54) is 32.1 Å². The number of rotatable bonds is 3. The lowest BCUT2D eigenvalue weighted by Crippen LogP contribution is -2.60. The van der Waals surface area contributed by atoms with Crippen molar-refractivity contribution in [3.63, 3.8) is 0 Å². The van der Waals surface area contributed by atoms with Crippen LogP contribution >= 0.6 is 0 Å². The number of nitrogens with zero attached hydrogens (tertiary/aromatic N) is 1. The Morgan fingerprint density at radius 3 is 2.07 bits per heavy atom. The minimum atomic E-state index is -0.382. The molecule has 6 bridgehead atoms. The SMILES string of the molecule is CCN(CC)C(=O)OC1CC2OC3OC(C)CCC4C(C)C(CC(C2C)C34)C2CCC3C(C)CCC4C(C)C1OC(O2)C34. The maximum absolute atomic E-state index is 13.6. The van der Waals surface area contributed by atoms with E-state index >= 15 is 0 Å². The zero-order valence-corrected chi connectivity index (χ0v) is 27.9. The zero-order chi connectivity index (χ0) is 30.2. The lowest BCUT2D eigenvalue weighted by molar-refractivity contribution is -0.321. The van der Waals surface area contributed by atoms with E-state index in [-0.39, 0.29) is 55.1 Å². The van der Waals surface area contributed by atoms with Crippen LogP contribution in [0.1, 0.15) is 99.8 Å². The molecule has 5 saturated heterocycles. The molecule has 244 valence electrons. The fourth-order valence-electron chi connectivity index (χ4n) is 11.7. The van der Waals surface area contributed by atoms with Gasteiger partial charge in [-0.1, -0.05) is 34.1 Å². The van der Waals surface area contributed by atoms with Gasteiger partial charge in [-0.3, -0.25) is 0 Å². The van der Waals surface area contributed by atoms with Crippen molar-refractivity contribution in [1.82, 2.24) is 4.90 Å². The standard InChI is InChI=1S/C36H59NO6/c1-8-37(9-2)36(38)42-30-17-29-21(6)27-16-26(20(5)24-13-11-19(4)39-34(41-29)32(24)27)28-15-14-23-18(3)10-12-25-22(7)33(30)43-35(40-28)31(23)25/h18-35H,8-17H2,1-7H3. The summed E-state index contributed by atoms with van der Waals surface area (Å²) in [6.45, 7) is 17.3.